The number of hydrogen-bond donors (Lipinski definition) is 1. The standard InChI is InChI=1S/C26H23ClN6O2/c1-2-23(34)33-12-6-7-17(15-33)21-10-11-22-24(32-21)25(30-16-29-22)31-18-13-20(27)26(28-14-18)35-19-8-4-3-5-9-19/h2-5,8-11,13-14,16-17H,1,6-7,12,15H2,(H,29,30,31)/t17-/m0/s1. The third-order valence-electron chi connectivity index (χ3n) is 5.86. The second kappa shape index (κ2) is 10.1. The summed E-state index contributed by atoms with van der Waals surface area (Å²) in [6, 6.07) is 15.0. The van der Waals surface area contributed by atoms with Crippen LogP contribution in [-0.2, 0) is 4.79 Å². The number of para-hydroxylation sites is 1. The minimum Gasteiger partial charge on any atom is -0.438 e. The van der Waals surface area contributed by atoms with Crippen molar-refractivity contribution in [3.05, 3.63) is 84.4 Å². The number of aromatic nitrogens is 4. The lowest BCUT2D eigenvalue weighted by Crippen LogP contribution is -2.38. The zero-order chi connectivity index (χ0) is 24.2. The number of anilines is 2. The molecular formula is C26H23ClN6O2. The third-order valence-corrected chi connectivity index (χ3v) is 6.13. The van der Waals surface area contributed by atoms with Crippen molar-refractivity contribution in [2.24, 2.45) is 0 Å². The smallest absolute Gasteiger partial charge is 0.245 e. The Hall–Kier alpha value is -4.04. The van der Waals surface area contributed by atoms with Crippen LogP contribution in [-0.4, -0.2) is 43.8 Å². The second-order valence-corrected chi connectivity index (χ2v) is 8.61. The molecule has 1 N–H and O–H groups in total. The lowest BCUT2D eigenvalue weighted by atomic mass is 9.94. The quantitative estimate of drug-likeness (QED) is 0.359. The van der Waals surface area contributed by atoms with Crippen LogP contribution in [0.5, 0.6) is 11.6 Å². The molecule has 0 bridgehead atoms. The van der Waals surface area contributed by atoms with E-state index in [2.05, 4.69) is 26.8 Å². The molecule has 0 spiro atoms. The molecule has 0 aliphatic carbocycles. The lowest BCUT2D eigenvalue weighted by molar-refractivity contribution is -0.127. The van der Waals surface area contributed by atoms with Crippen LogP contribution in [0.3, 0.4) is 0 Å². The maximum absolute atomic E-state index is 12.1. The first-order valence-corrected chi connectivity index (χ1v) is 11.7. The number of ether oxygens (including phenoxy) is 1. The Morgan fingerprint density at radius 2 is 2.03 bits per heavy atom. The number of fused-ring (bicyclic) bond motifs is 1. The molecule has 4 aromatic rings. The summed E-state index contributed by atoms with van der Waals surface area (Å²) in [6.07, 6.45) is 6.35. The molecule has 1 aromatic carbocycles. The molecule has 1 atom stereocenters. The van der Waals surface area contributed by atoms with Crippen molar-refractivity contribution >= 4 is 40.0 Å². The van der Waals surface area contributed by atoms with Crippen molar-refractivity contribution in [1.82, 2.24) is 24.8 Å². The van der Waals surface area contributed by atoms with Crippen LogP contribution in [0.4, 0.5) is 11.5 Å². The molecular weight excluding hydrogens is 464 g/mol. The van der Waals surface area contributed by atoms with E-state index in [9.17, 15) is 4.79 Å². The molecule has 4 heterocycles. The minimum atomic E-state index is -0.0507. The first-order valence-electron chi connectivity index (χ1n) is 11.3. The van der Waals surface area contributed by atoms with Gasteiger partial charge in [-0.2, -0.15) is 0 Å². The first-order chi connectivity index (χ1) is 17.1. The molecule has 0 radical (unpaired) electrons. The zero-order valence-corrected chi connectivity index (χ0v) is 19.7. The van der Waals surface area contributed by atoms with Gasteiger partial charge in [0.15, 0.2) is 5.82 Å². The average molecular weight is 487 g/mol. The number of likely N-dealkylation sites (tertiary alicyclic amines) is 1. The van der Waals surface area contributed by atoms with Crippen molar-refractivity contribution in [3.8, 4) is 11.6 Å². The van der Waals surface area contributed by atoms with Crippen molar-refractivity contribution < 1.29 is 9.53 Å². The summed E-state index contributed by atoms with van der Waals surface area (Å²) in [7, 11) is 0. The van der Waals surface area contributed by atoms with Gasteiger partial charge in [0.1, 0.15) is 22.6 Å². The normalized spacial score (nSPS) is 15.6. The van der Waals surface area contributed by atoms with Crippen molar-refractivity contribution in [1.29, 1.82) is 0 Å². The number of pyridine rings is 2. The maximum Gasteiger partial charge on any atom is 0.245 e. The van der Waals surface area contributed by atoms with Crippen LogP contribution >= 0.6 is 11.6 Å². The monoisotopic (exact) mass is 486 g/mol. The summed E-state index contributed by atoms with van der Waals surface area (Å²) < 4.78 is 5.76. The van der Waals surface area contributed by atoms with E-state index in [-0.39, 0.29) is 11.8 Å². The minimum absolute atomic E-state index is 0.0507. The van der Waals surface area contributed by atoms with E-state index < -0.39 is 0 Å². The predicted molar refractivity (Wildman–Crippen MR) is 135 cm³/mol. The molecule has 35 heavy (non-hydrogen) atoms. The van der Waals surface area contributed by atoms with Gasteiger partial charge in [0.25, 0.3) is 0 Å². The van der Waals surface area contributed by atoms with Gasteiger partial charge in [0.05, 0.1) is 17.4 Å². The van der Waals surface area contributed by atoms with Crippen LogP contribution < -0.4 is 10.1 Å². The fourth-order valence-electron chi connectivity index (χ4n) is 4.13. The van der Waals surface area contributed by atoms with Gasteiger partial charge in [-0.25, -0.2) is 19.9 Å². The highest BCUT2D eigenvalue weighted by molar-refractivity contribution is 6.32. The van der Waals surface area contributed by atoms with Gasteiger partial charge < -0.3 is 15.0 Å². The van der Waals surface area contributed by atoms with Gasteiger partial charge in [0, 0.05) is 24.7 Å². The molecule has 1 aliphatic heterocycles. The number of hydrogen-bond acceptors (Lipinski definition) is 7. The summed E-state index contributed by atoms with van der Waals surface area (Å²) in [6.45, 7) is 4.96. The molecule has 1 saturated heterocycles. The van der Waals surface area contributed by atoms with E-state index in [4.69, 9.17) is 21.3 Å². The summed E-state index contributed by atoms with van der Waals surface area (Å²) >= 11 is 6.43. The van der Waals surface area contributed by atoms with Gasteiger partial charge in [-0.3, -0.25) is 4.79 Å². The maximum atomic E-state index is 12.1. The average Bonchev–Trinajstić information content (AvgIpc) is 2.90. The largest absolute Gasteiger partial charge is 0.438 e. The summed E-state index contributed by atoms with van der Waals surface area (Å²) in [5.41, 5.74) is 2.89. The number of carbonyl (C=O) groups excluding carboxylic acids is 1. The second-order valence-electron chi connectivity index (χ2n) is 8.20. The molecule has 9 heteroatoms. The van der Waals surface area contributed by atoms with Crippen LogP contribution in [0.1, 0.15) is 24.5 Å². The Balaban J connectivity index is 1.39. The number of piperidine rings is 1. The van der Waals surface area contributed by atoms with E-state index in [1.54, 1.807) is 12.3 Å². The Bertz CT molecular complexity index is 1380. The van der Waals surface area contributed by atoms with Gasteiger partial charge in [0.2, 0.25) is 11.8 Å². The number of rotatable bonds is 6. The molecule has 176 valence electrons. The van der Waals surface area contributed by atoms with Gasteiger partial charge >= 0.3 is 0 Å². The molecule has 1 aliphatic rings. The highest BCUT2D eigenvalue weighted by Crippen LogP contribution is 2.32. The van der Waals surface area contributed by atoms with Crippen LogP contribution in [0.15, 0.2) is 73.7 Å². The van der Waals surface area contributed by atoms with Gasteiger partial charge in [-0.1, -0.05) is 36.4 Å². The van der Waals surface area contributed by atoms with Crippen LogP contribution in [0.25, 0.3) is 11.0 Å². The van der Waals surface area contributed by atoms with Crippen molar-refractivity contribution in [3.63, 3.8) is 0 Å². The Morgan fingerprint density at radius 1 is 1.17 bits per heavy atom. The Kier molecular flexibility index (Phi) is 6.54. The zero-order valence-electron chi connectivity index (χ0n) is 18.9. The number of amides is 1. The van der Waals surface area contributed by atoms with E-state index in [1.165, 1.54) is 12.4 Å². The highest BCUT2D eigenvalue weighted by Gasteiger charge is 2.25. The van der Waals surface area contributed by atoms with E-state index in [0.29, 0.717) is 45.7 Å². The lowest BCUT2D eigenvalue weighted by Gasteiger charge is -2.31. The van der Waals surface area contributed by atoms with E-state index >= 15 is 0 Å². The van der Waals surface area contributed by atoms with Crippen LogP contribution in [0.2, 0.25) is 5.02 Å². The van der Waals surface area contributed by atoms with Crippen LogP contribution in [0, 0.1) is 0 Å². The fraction of sp³-hybridized carbons (Fsp3) is 0.192. The number of halogens is 1. The molecule has 0 unspecified atom stereocenters. The van der Waals surface area contributed by atoms with Gasteiger partial charge in [-0.15, -0.1) is 0 Å². The molecule has 8 nitrogen and oxygen atoms in total. The topological polar surface area (TPSA) is 93.1 Å². The first kappa shape index (κ1) is 22.7. The number of benzene rings is 1. The molecule has 1 fully saturated rings. The number of carbonyl (C=O) groups is 1. The van der Waals surface area contributed by atoms with Crippen molar-refractivity contribution in [2.75, 3.05) is 18.4 Å². The highest BCUT2D eigenvalue weighted by atomic mass is 35.5. The Morgan fingerprint density at radius 3 is 2.83 bits per heavy atom. The predicted octanol–water partition coefficient (Wildman–Crippen LogP) is 5.50. The third kappa shape index (κ3) is 5.07. The molecule has 1 amide bonds. The van der Waals surface area contributed by atoms with Gasteiger partial charge in [-0.05, 0) is 49.2 Å². The number of nitrogens with one attached hydrogen (secondary N) is 1. The van der Waals surface area contributed by atoms with Crippen molar-refractivity contribution in [2.45, 2.75) is 18.8 Å². The molecule has 3 aromatic heterocycles. The number of nitrogens with zero attached hydrogens (tertiary/aromatic N) is 5. The Labute approximate surface area is 207 Å². The fourth-order valence-corrected chi connectivity index (χ4v) is 4.33. The van der Waals surface area contributed by atoms with E-state index in [0.717, 1.165) is 25.1 Å². The summed E-state index contributed by atoms with van der Waals surface area (Å²) in [5, 5.41) is 3.61. The molecule has 5 rings (SSSR count). The summed E-state index contributed by atoms with van der Waals surface area (Å²) in [4.78, 5) is 31.9. The van der Waals surface area contributed by atoms with E-state index in [1.807, 2.05) is 47.4 Å². The molecule has 0 saturated carbocycles. The summed E-state index contributed by atoms with van der Waals surface area (Å²) in [5.74, 6) is 1.59. The SMILES string of the molecule is C=CC(=O)N1CCC[C@H](c2ccc3ncnc(Nc4cnc(Oc5ccccc5)c(Cl)c4)c3n2)C1.